The van der Waals surface area contributed by atoms with Crippen LogP contribution in [0.1, 0.15) is 30.9 Å². The molecular weight excluding hydrogens is 294 g/mol. The Labute approximate surface area is 146 Å². The lowest BCUT2D eigenvalue weighted by atomic mass is 9.79. The standard InChI is InChI=1S/C22H29NO/c1-4-24-19-13-14-21-18(16-19)12-11-17-8-5-6-9-20(17)22(21)10-7-15-23(2)3/h5-6,8-10,13-14,16,18,21H,4,7,11-12,15H2,1-3H3. The van der Waals surface area contributed by atoms with Crippen LogP contribution in [0.3, 0.4) is 0 Å². The first-order valence-electron chi connectivity index (χ1n) is 9.15. The average Bonchev–Trinajstić information content (AvgIpc) is 2.72. The Morgan fingerprint density at radius 2 is 2.08 bits per heavy atom. The topological polar surface area (TPSA) is 12.5 Å². The van der Waals surface area contributed by atoms with Crippen LogP contribution in [0, 0.1) is 11.8 Å². The van der Waals surface area contributed by atoms with Gasteiger partial charge in [0.1, 0.15) is 5.76 Å². The van der Waals surface area contributed by atoms with Crippen molar-refractivity contribution in [2.45, 2.75) is 26.2 Å². The predicted octanol–water partition coefficient (Wildman–Crippen LogP) is 4.69. The van der Waals surface area contributed by atoms with E-state index in [1.165, 1.54) is 23.1 Å². The molecule has 0 bridgehead atoms. The van der Waals surface area contributed by atoms with E-state index in [1.807, 2.05) is 0 Å². The van der Waals surface area contributed by atoms with E-state index >= 15 is 0 Å². The number of ether oxygens (including phenoxy) is 1. The van der Waals surface area contributed by atoms with E-state index in [-0.39, 0.29) is 0 Å². The van der Waals surface area contributed by atoms with Crippen molar-refractivity contribution in [3.05, 3.63) is 65.5 Å². The van der Waals surface area contributed by atoms with Crippen molar-refractivity contribution < 1.29 is 4.74 Å². The fourth-order valence-corrected chi connectivity index (χ4v) is 3.82. The third-order valence-corrected chi connectivity index (χ3v) is 4.99. The van der Waals surface area contributed by atoms with Crippen molar-refractivity contribution in [1.29, 1.82) is 0 Å². The molecule has 0 radical (unpaired) electrons. The van der Waals surface area contributed by atoms with Crippen LogP contribution in [0.5, 0.6) is 0 Å². The van der Waals surface area contributed by atoms with Crippen LogP contribution in [-0.4, -0.2) is 32.1 Å². The Morgan fingerprint density at radius 1 is 1.25 bits per heavy atom. The van der Waals surface area contributed by atoms with Crippen LogP contribution in [0.4, 0.5) is 0 Å². The van der Waals surface area contributed by atoms with Crippen molar-refractivity contribution in [3.8, 4) is 0 Å². The Bertz CT molecular complexity index is 654. The molecule has 2 unspecified atom stereocenters. The maximum atomic E-state index is 5.75. The van der Waals surface area contributed by atoms with E-state index < -0.39 is 0 Å². The average molecular weight is 323 g/mol. The van der Waals surface area contributed by atoms with Crippen LogP contribution < -0.4 is 0 Å². The first-order valence-corrected chi connectivity index (χ1v) is 9.15. The molecule has 0 heterocycles. The molecule has 0 saturated carbocycles. The van der Waals surface area contributed by atoms with Gasteiger partial charge in [0.25, 0.3) is 0 Å². The third-order valence-electron chi connectivity index (χ3n) is 4.99. The van der Waals surface area contributed by atoms with E-state index in [2.05, 4.69) is 74.5 Å². The molecule has 0 fully saturated rings. The summed E-state index contributed by atoms with van der Waals surface area (Å²) in [6.07, 6.45) is 12.8. The molecule has 2 nitrogen and oxygen atoms in total. The van der Waals surface area contributed by atoms with Gasteiger partial charge < -0.3 is 9.64 Å². The molecule has 0 aromatic heterocycles. The molecule has 2 atom stereocenters. The number of hydrogen-bond acceptors (Lipinski definition) is 2. The van der Waals surface area contributed by atoms with E-state index in [0.29, 0.717) is 11.8 Å². The zero-order valence-corrected chi connectivity index (χ0v) is 15.2. The Morgan fingerprint density at radius 3 is 2.88 bits per heavy atom. The monoisotopic (exact) mass is 323 g/mol. The summed E-state index contributed by atoms with van der Waals surface area (Å²) in [5, 5.41) is 0. The Kier molecular flexibility index (Phi) is 5.57. The van der Waals surface area contributed by atoms with Gasteiger partial charge in [-0.05, 0) is 75.1 Å². The van der Waals surface area contributed by atoms with Gasteiger partial charge in [-0.3, -0.25) is 0 Å². The maximum absolute atomic E-state index is 5.75. The normalized spacial score (nSPS) is 24.3. The highest BCUT2D eigenvalue weighted by molar-refractivity contribution is 5.73. The van der Waals surface area contributed by atoms with Gasteiger partial charge in [-0.2, -0.15) is 0 Å². The third kappa shape index (κ3) is 3.81. The number of allylic oxidation sites excluding steroid dienone is 4. The number of fused-ring (bicyclic) bond motifs is 2. The summed E-state index contributed by atoms with van der Waals surface area (Å²) in [7, 11) is 4.28. The van der Waals surface area contributed by atoms with Crippen molar-refractivity contribution >= 4 is 5.57 Å². The largest absolute Gasteiger partial charge is 0.494 e. The van der Waals surface area contributed by atoms with Crippen LogP contribution in [0.2, 0.25) is 0 Å². The van der Waals surface area contributed by atoms with Crippen molar-refractivity contribution in [2.75, 3.05) is 27.2 Å². The molecule has 2 heteroatoms. The molecule has 24 heavy (non-hydrogen) atoms. The summed E-state index contributed by atoms with van der Waals surface area (Å²) in [6, 6.07) is 8.94. The van der Waals surface area contributed by atoms with E-state index in [4.69, 9.17) is 4.74 Å². The van der Waals surface area contributed by atoms with E-state index in [1.54, 1.807) is 0 Å². The van der Waals surface area contributed by atoms with Gasteiger partial charge in [0, 0.05) is 12.5 Å². The molecule has 2 aliphatic rings. The lowest BCUT2D eigenvalue weighted by molar-refractivity contribution is 0.235. The van der Waals surface area contributed by atoms with Gasteiger partial charge in [0.05, 0.1) is 6.61 Å². The molecular formula is C22H29NO. The van der Waals surface area contributed by atoms with Crippen molar-refractivity contribution in [1.82, 2.24) is 4.90 Å². The number of aryl methyl sites for hydroxylation is 1. The lowest BCUT2D eigenvalue weighted by Gasteiger charge is -2.26. The minimum Gasteiger partial charge on any atom is -0.494 e. The molecule has 0 N–H and O–H groups in total. The van der Waals surface area contributed by atoms with Gasteiger partial charge in [0.15, 0.2) is 0 Å². The number of hydrogen-bond donors (Lipinski definition) is 0. The van der Waals surface area contributed by atoms with Gasteiger partial charge in [0.2, 0.25) is 0 Å². The van der Waals surface area contributed by atoms with Crippen molar-refractivity contribution in [3.63, 3.8) is 0 Å². The number of rotatable bonds is 5. The van der Waals surface area contributed by atoms with Crippen LogP contribution in [-0.2, 0) is 11.2 Å². The fourth-order valence-electron chi connectivity index (χ4n) is 3.82. The first kappa shape index (κ1) is 17.0. The minimum absolute atomic E-state index is 0.472. The second kappa shape index (κ2) is 7.85. The van der Waals surface area contributed by atoms with E-state index in [9.17, 15) is 0 Å². The summed E-state index contributed by atoms with van der Waals surface area (Å²) in [5.41, 5.74) is 4.43. The summed E-state index contributed by atoms with van der Waals surface area (Å²) in [5.74, 6) is 2.05. The summed E-state index contributed by atoms with van der Waals surface area (Å²) < 4.78 is 5.75. The zero-order chi connectivity index (χ0) is 16.9. The second-order valence-electron chi connectivity index (χ2n) is 7.00. The molecule has 128 valence electrons. The van der Waals surface area contributed by atoms with Crippen molar-refractivity contribution in [2.24, 2.45) is 11.8 Å². The van der Waals surface area contributed by atoms with Gasteiger partial charge >= 0.3 is 0 Å². The predicted molar refractivity (Wildman–Crippen MR) is 102 cm³/mol. The van der Waals surface area contributed by atoms with Gasteiger partial charge in [-0.1, -0.05) is 36.4 Å². The molecule has 1 aromatic carbocycles. The summed E-state index contributed by atoms with van der Waals surface area (Å²) >= 11 is 0. The highest BCUT2D eigenvalue weighted by atomic mass is 16.5. The molecule has 0 aliphatic heterocycles. The number of benzene rings is 1. The maximum Gasteiger partial charge on any atom is 0.115 e. The highest BCUT2D eigenvalue weighted by Crippen LogP contribution is 2.41. The van der Waals surface area contributed by atoms with E-state index in [0.717, 1.165) is 31.8 Å². The quantitative estimate of drug-likeness (QED) is 0.779. The highest BCUT2D eigenvalue weighted by Gasteiger charge is 2.29. The first-order chi connectivity index (χ1) is 11.7. The van der Waals surface area contributed by atoms with Gasteiger partial charge in [-0.15, -0.1) is 0 Å². The molecule has 2 aliphatic carbocycles. The molecule has 3 rings (SSSR count). The lowest BCUT2D eigenvalue weighted by Crippen LogP contribution is -2.16. The smallest absolute Gasteiger partial charge is 0.115 e. The fraction of sp³-hybridized carbons (Fsp3) is 0.455. The number of nitrogens with zero attached hydrogens (tertiary/aromatic N) is 1. The second-order valence-corrected chi connectivity index (χ2v) is 7.00. The summed E-state index contributed by atoms with van der Waals surface area (Å²) in [4.78, 5) is 2.25. The van der Waals surface area contributed by atoms with Gasteiger partial charge in [-0.25, -0.2) is 0 Å². The summed E-state index contributed by atoms with van der Waals surface area (Å²) in [6.45, 7) is 3.88. The molecule has 0 spiro atoms. The molecule has 0 amide bonds. The van der Waals surface area contributed by atoms with Crippen LogP contribution in [0.15, 0.2) is 54.3 Å². The zero-order valence-electron chi connectivity index (χ0n) is 15.2. The van der Waals surface area contributed by atoms with Crippen LogP contribution >= 0.6 is 0 Å². The molecule has 0 saturated heterocycles. The Hall–Kier alpha value is -1.80. The molecule has 1 aromatic rings. The van der Waals surface area contributed by atoms with Crippen LogP contribution in [0.25, 0.3) is 5.57 Å². The SMILES string of the molecule is CCOC1=CC2CCc3ccccc3C(=CCCN(C)C)C2C=C1. The minimum atomic E-state index is 0.472. The Balaban J connectivity index is 1.94.